The average molecular weight is 655 g/mol. The molecular weight excluding hydrogens is 608 g/mol. The Balaban J connectivity index is 1.65. The molecule has 0 radical (unpaired) electrons. The predicted octanol–water partition coefficient (Wildman–Crippen LogP) is 1.69. The van der Waals surface area contributed by atoms with Crippen LogP contribution in [0.25, 0.3) is 0 Å². The molecule has 1 aliphatic carbocycles. The maximum absolute atomic E-state index is 13.8. The van der Waals surface area contributed by atoms with Crippen molar-refractivity contribution >= 4 is 35.4 Å². The number of nitrogens with zero attached hydrogens (tertiary/aromatic N) is 5. The third kappa shape index (κ3) is 8.52. The predicted molar refractivity (Wildman–Crippen MR) is 174 cm³/mol. The molecule has 14 heteroatoms. The van der Waals surface area contributed by atoms with Gasteiger partial charge in [0.15, 0.2) is 0 Å². The van der Waals surface area contributed by atoms with Gasteiger partial charge in [-0.15, -0.1) is 5.10 Å². The second kappa shape index (κ2) is 15.7. The first-order valence-corrected chi connectivity index (χ1v) is 17.2. The summed E-state index contributed by atoms with van der Waals surface area (Å²) in [6.07, 6.45) is 10.3. The summed E-state index contributed by atoms with van der Waals surface area (Å²) in [7, 11) is 0. The minimum absolute atomic E-state index is 0.135. The van der Waals surface area contributed by atoms with Crippen LogP contribution in [0.3, 0.4) is 0 Å². The van der Waals surface area contributed by atoms with Gasteiger partial charge in [0.1, 0.15) is 23.8 Å². The van der Waals surface area contributed by atoms with Crippen molar-refractivity contribution in [3.8, 4) is 0 Å². The Kier molecular flexibility index (Phi) is 12.0. The van der Waals surface area contributed by atoms with Crippen LogP contribution in [0, 0.1) is 11.3 Å². The molecule has 0 spiro atoms. The number of allylic oxidation sites excluding steroid dienone is 2. The summed E-state index contributed by atoms with van der Waals surface area (Å²) in [4.78, 5) is 59.7. The topological polar surface area (TPSA) is 171 Å². The second-order valence-electron chi connectivity index (χ2n) is 12.6. The lowest BCUT2D eigenvalue weighted by atomic mass is 9.74. The fraction of sp³-hybridized carbons (Fsp3) is 0.594. The van der Waals surface area contributed by atoms with Crippen LogP contribution in [0.2, 0.25) is 0 Å². The van der Waals surface area contributed by atoms with E-state index in [4.69, 9.17) is 0 Å². The van der Waals surface area contributed by atoms with Gasteiger partial charge in [-0.25, -0.2) is 0 Å². The zero-order valence-corrected chi connectivity index (χ0v) is 28.0. The molecule has 4 amide bonds. The van der Waals surface area contributed by atoms with E-state index >= 15 is 0 Å². The highest BCUT2D eigenvalue weighted by atomic mass is 32.2. The Morgan fingerprint density at radius 3 is 2.65 bits per heavy atom. The first-order chi connectivity index (χ1) is 21.9. The van der Waals surface area contributed by atoms with Gasteiger partial charge in [0, 0.05) is 25.5 Å². The smallest absolute Gasteiger partial charge is 0.256 e. The Morgan fingerprint density at radius 2 is 1.96 bits per heavy atom. The molecule has 250 valence electrons. The third-order valence-corrected chi connectivity index (χ3v) is 9.82. The molecule has 0 saturated carbocycles. The normalized spacial score (nSPS) is 25.4. The highest BCUT2D eigenvalue weighted by molar-refractivity contribution is 7.98. The number of aliphatic hydroxyl groups excluding tert-OH is 1. The van der Waals surface area contributed by atoms with Crippen molar-refractivity contribution in [3.63, 3.8) is 0 Å². The Bertz CT molecular complexity index is 1410. The fourth-order valence-corrected chi connectivity index (χ4v) is 6.55. The van der Waals surface area contributed by atoms with Crippen molar-refractivity contribution in [3.05, 3.63) is 53.6 Å². The van der Waals surface area contributed by atoms with Gasteiger partial charge in [-0.3, -0.25) is 28.8 Å². The average Bonchev–Trinajstić information content (AvgIpc) is 3.61. The van der Waals surface area contributed by atoms with E-state index in [9.17, 15) is 24.3 Å². The SMILES string of the molecule is CSCC[C@@H]1NC(=O)[C@H]([C@@H](C)O)NC(=O)[C@H](C)N(C(=O)c2cccnc2)CC[C@H]2CC=C(CCn3cc(nn3)CNC1=O)C2(C)C. The van der Waals surface area contributed by atoms with E-state index in [1.807, 2.05) is 6.26 Å². The van der Waals surface area contributed by atoms with Gasteiger partial charge in [-0.05, 0) is 75.0 Å². The molecule has 0 aromatic carbocycles. The van der Waals surface area contributed by atoms with E-state index in [-0.39, 0.29) is 23.8 Å². The number of hydrogen-bond acceptors (Lipinski definition) is 9. The molecule has 4 N–H and O–H groups in total. The number of aryl methyl sites for hydroxylation is 1. The fourth-order valence-electron chi connectivity index (χ4n) is 6.08. The van der Waals surface area contributed by atoms with Crippen LogP contribution in [-0.4, -0.2) is 96.4 Å². The highest BCUT2D eigenvalue weighted by Gasteiger charge is 2.39. The molecular formula is C32H46N8O5S. The van der Waals surface area contributed by atoms with E-state index in [1.54, 1.807) is 36.1 Å². The van der Waals surface area contributed by atoms with E-state index < -0.39 is 42.0 Å². The number of aliphatic hydroxyl groups is 1. The summed E-state index contributed by atoms with van der Waals surface area (Å²) in [5.74, 6) is -1.25. The van der Waals surface area contributed by atoms with E-state index in [1.165, 1.54) is 35.4 Å². The van der Waals surface area contributed by atoms with E-state index in [0.29, 0.717) is 42.9 Å². The molecule has 5 atom stereocenters. The number of rotatable bonds is 5. The Hall–Kier alpha value is -3.78. The molecule has 46 heavy (non-hydrogen) atoms. The monoisotopic (exact) mass is 654 g/mol. The molecule has 13 nitrogen and oxygen atoms in total. The summed E-state index contributed by atoms with van der Waals surface area (Å²) in [5, 5.41) is 27.2. The largest absolute Gasteiger partial charge is 0.391 e. The third-order valence-electron chi connectivity index (χ3n) is 9.18. The number of amides is 4. The number of nitrogens with one attached hydrogen (secondary N) is 3. The molecule has 1 aliphatic heterocycles. The molecule has 0 unspecified atom stereocenters. The highest BCUT2D eigenvalue weighted by Crippen LogP contribution is 2.46. The van der Waals surface area contributed by atoms with Crippen LogP contribution >= 0.6 is 11.8 Å². The number of fused-ring (bicyclic) bond motifs is 4. The summed E-state index contributed by atoms with van der Waals surface area (Å²) >= 11 is 1.53. The minimum atomic E-state index is -1.36. The van der Waals surface area contributed by atoms with Crippen molar-refractivity contribution in [2.45, 2.75) is 90.7 Å². The molecule has 2 aromatic rings. The summed E-state index contributed by atoms with van der Waals surface area (Å²) in [6, 6.07) is 0.0844. The van der Waals surface area contributed by atoms with Gasteiger partial charge in [0.25, 0.3) is 5.91 Å². The molecule has 0 saturated heterocycles. The van der Waals surface area contributed by atoms with E-state index in [2.05, 4.69) is 51.2 Å². The van der Waals surface area contributed by atoms with Crippen molar-refractivity contribution in [1.82, 2.24) is 40.8 Å². The number of aromatic nitrogens is 4. The minimum Gasteiger partial charge on any atom is -0.391 e. The number of hydrogen-bond donors (Lipinski definition) is 4. The van der Waals surface area contributed by atoms with Crippen LogP contribution in [0.4, 0.5) is 0 Å². The number of carbonyl (C=O) groups is 4. The van der Waals surface area contributed by atoms with Gasteiger partial charge in [0.05, 0.1) is 24.4 Å². The maximum Gasteiger partial charge on any atom is 0.256 e. The van der Waals surface area contributed by atoms with Crippen LogP contribution in [-0.2, 0) is 27.5 Å². The summed E-state index contributed by atoms with van der Waals surface area (Å²) in [6.45, 7) is 8.47. The zero-order chi connectivity index (χ0) is 33.4. The molecule has 2 aliphatic rings. The van der Waals surface area contributed by atoms with Crippen molar-refractivity contribution < 1.29 is 24.3 Å². The van der Waals surface area contributed by atoms with Gasteiger partial charge in [0.2, 0.25) is 17.7 Å². The first-order valence-electron chi connectivity index (χ1n) is 15.8. The van der Waals surface area contributed by atoms with Crippen LogP contribution in [0.1, 0.15) is 69.4 Å². The Morgan fingerprint density at radius 1 is 1.17 bits per heavy atom. The lowest BCUT2D eigenvalue weighted by Gasteiger charge is -2.35. The van der Waals surface area contributed by atoms with Gasteiger partial charge in [-0.2, -0.15) is 11.8 Å². The Labute approximate surface area is 274 Å². The van der Waals surface area contributed by atoms with Gasteiger partial charge >= 0.3 is 0 Å². The van der Waals surface area contributed by atoms with Gasteiger partial charge < -0.3 is 26.0 Å². The summed E-state index contributed by atoms with van der Waals surface area (Å²) < 4.78 is 1.77. The van der Waals surface area contributed by atoms with Crippen LogP contribution in [0.15, 0.2) is 42.4 Å². The molecule has 2 aromatic heterocycles. The second-order valence-corrected chi connectivity index (χ2v) is 13.6. The van der Waals surface area contributed by atoms with Crippen LogP contribution < -0.4 is 16.0 Å². The maximum atomic E-state index is 13.8. The quantitative estimate of drug-likeness (QED) is 0.350. The molecule has 3 heterocycles. The number of pyridine rings is 1. The van der Waals surface area contributed by atoms with Crippen molar-refractivity contribution in [2.24, 2.45) is 11.3 Å². The van der Waals surface area contributed by atoms with Crippen molar-refractivity contribution in [2.75, 3.05) is 18.6 Å². The van der Waals surface area contributed by atoms with Crippen molar-refractivity contribution in [1.29, 1.82) is 0 Å². The molecule has 0 fully saturated rings. The summed E-state index contributed by atoms with van der Waals surface area (Å²) in [5.41, 5.74) is 2.09. The number of thioether (sulfide) groups is 1. The molecule has 4 rings (SSSR count). The zero-order valence-electron chi connectivity index (χ0n) is 27.2. The van der Waals surface area contributed by atoms with Crippen LogP contribution in [0.5, 0.6) is 0 Å². The molecule has 4 bridgehead atoms. The number of carbonyl (C=O) groups excluding carboxylic acids is 4. The van der Waals surface area contributed by atoms with Gasteiger partial charge in [-0.1, -0.05) is 30.7 Å². The van der Waals surface area contributed by atoms with E-state index in [0.717, 1.165) is 12.8 Å². The lowest BCUT2D eigenvalue weighted by molar-refractivity contribution is -0.135. The first kappa shape index (κ1) is 35.1. The standard InChI is InChI=1S/C32H46N8O5S/c1-20-28(42)36-27(21(2)41)30(44)35-26(12-16-46-5)29(43)34-18-25-19-39(38-37-25)14-10-23-8-9-24(32(23,3)4)11-15-40(20)31(45)22-7-6-13-33-17-22/h6-8,13,17,19-21,24,26-27,41H,9-12,14-16,18H2,1-5H3,(H,34,43)(H,35,44)(H,36,42)/t20-,21+,24+,26-,27-/m0/s1. The lowest BCUT2D eigenvalue weighted by Crippen LogP contribution is -2.59.